The molecule has 7 heteroatoms. The summed E-state index contributed by atoms with van der Waals surface area (Å²) in [6.07, 6.45) is 0.738. The van der Waals surface area contributed by atoms with Crippen molar-refractivity contribution in [1.29, 1.82) is 0 Å². The number of carbonyl (C=O) groups excluding carboxylic acids is 3. The molecule has 1 aromatic rings. The smallest absolute Gasteiger partial charge is 0.326 e. The van der Waals surface area contributed by atoms with Gasteiger partial charge in [0.25, 0.3) is 11.1 Å². The normalized spacial score (nSPS) is 15.2. The van der Waals surface area contributed by atoms with Crippen LogP contribution in [0.1, 0.15) is 30.5 Å². The molecule has 0 aromatic heterocycles. The van der Waals surface area contributed by atoms with Gasteiger partial charge in [0.15, 0.2) is 6.61 Å². The van der Waals surface area contributed by atoms with E-state index in [4.69, 9.17) is 4.74 Å². The van der Waals surface area contributed by atoms with Crippen LogP contribution in [0.3, 0.4) is 0 Å². The van der Waals surface area contributed by atoms with Crippen molar-refractivity contribution in [2.75, 3.05) is 25.4 Å². The van der Waals surface area contributed by atoms with Crippen LogP contribution in [0.25, 0.3) is 0 Å². The Labute approximate surface area is 145 Å². The number of hydrogen-bond acceptors (Lipinski definition) is 5. The molecule has 0 radical (unpaired) electrons. The van der Waals surface area contributed by atoms with Gasteiger partial charge in [0, 0.05) is 12.3 Å². The van der Waals surface area contributed by atoms with Gasteiger partial charge in [0.2, 0.25) is 0 Å². The molecule has 1 aromatic carbocycles. The van der Waals surface area contributed by atoms with E-state index >= 15 is 0 Å². The molecular formula is C17H22N2O4S. The molecule has 0 saturated carbocycles. The molecule has 1 fully saturated rings. The Hall–Kier alpha value is -2.02. The van der Waals surface area contributed by atoms with Gasteiger partial charge in [-0.2, -0.15) is 0 Å². The zero-order chi connectivity index (χ0) is 17.5. The fourth-order valence-electron chi connectivity index (χ4n) is 2.37. The lowest BCUT2D eigenvalue weighted by atomic mass is 10.0. The zero-order valence-electron chi connectivity index (χ0n) is 13.9. The highest BCUT2D eigenvalue weighted by Crippen LogP contribution is 2.17. The van der Waals surface area contributed by atoms with E-state index < -0.39 is 5.97 Å². The minimum Gasteiger partial charge on any atom is -0.454 e. The number of nitrogens with one attached hydrogen (secondary N) is 1. The lowest BCUT2D eigenvalue weighted by Gasteiger charge is -2.18. The van der Waals surface area contributed by atoms with Crippen molar-refractivity contribution in [3.8, 4) is 0 Å². The Bertz CT molecular complexity index is 603. The lowest BCUT2D eigenvalue weighted by molar-refractivity contribution is -0.149. The molecule has 0 unspecified atom stereocenters. The van der Waals surface area contributed by atoms with Crippen LogP contribution in [0, 0.1) is 6.92 Å². The number of ether oxygens (including phenoxy) is 1. The molecule has 1 N–H and O–H groups in total. The Kier molecular flexibility index (Phi) is 6.66. The van der Waals surface area contributed by atoms with Gasteiger partial charge in [-0.3, -0.25) is 14.4 Å². The third-order valence-electron chi connectivity index (χ3n) is 3.75. The SMILES string of the molecule is CC[C@H](NC(=O)COC(=O)CN1CCSC1=O)c1ccc(C)cc1. The summed E-state index contributed by atoms with van der Waals surface area (Å²) >= 11 is 1.18. The molecular weight excluding hydrogens is 328 g/mol. The molecule has 1 saturated heterocycles. The van der Waals surface area contributed by atoms with E-state index in [-0.39, 0.29) is 30.3 Å². The van der Waals surface area contributed by atoms with Crippen LogP contribution in [0.15, 0.2) is 24.3 Å². The maximum absolute atomic E-state index is 12.0. The van der Waals surface area contributed by atoms with Crippen molar-refractivity contribution in [2.45, 2.75) is 26.3 Å². The third-order valence-corrected chi connectivity index (χ3v) is 4.64. The number of hydrogen-bond donors (Lipinski definition) is 1. The predicted molar refractivity (Wildman–Crippen MR) is 92.7 cm³/mol. The van der Waals surface area contributed by atoms with Crippen molar-refractivity contribution in [3.63, 3.8) is 0 Å². The van der Waals surface area contributed by atoms with Gasteiger partial charge >= 0.3 is 5.97 Å². The van der Waals surface area contributed by atoms with Crippen LogP contribution < -0.4 is 5.32 Å². The second-order valence-corrected chi connectivity index (χ2v) is 6.68. The van der Waals surface area contributed by atoms with Gasteiger partial charge in [0.05, 0.1) is 6.04 Å². The fraction of sp³-hybridized carbons (Fsp3) is 0.471. The first-order chi connectivity index (χ1) is 11.5. The number of aryl methyl sites for hydroxylation is 1. The fourth-order valence-corrected chi connectivity index (χ4v) is 3.20. The highest BCUT2D eigenvalue weighted by Gasteiger charge is 2.24. The van der Waals surface area contributed by atoms with Crippen molar-refractivity contribution < 1.29 is 19.1 Å². The Morgan fingerprint density at radius 3 is 2.62 bits per heavy atom. The number of nitrogens with zero attached hydrogens (tertiary/aromatic N) is 1. The first-order valence-electron chi connectivity index (χ1n) is 7.93. The van der Waals surface area contributed by atoms with E-state index in [9.17, 15) is 14.4 Å². The maximum atomic E-state index is 12.0. The van der Waals surface area contributed by atoms with Crippen molar-refractivity contribution in [1.82, 2.24) is 10.2 Å². The average Bonchev–Trinajstić information content (AvgIpc) is 2.96. The standard InChI is InChI=1S/C17H22N2O4S/c1-3-14(13-6-4-12(2)5-7-13)18-15(20)11-23-16(21)10-19-8-9-24-17(19)22/h4-7,14H,3,8-11H2,1-2H3,(H,18,20)/t14-/m0/s1. The molecule has 1 aliphatic heterocycles. The molecule has 0 aliphatic carbocycles. The summed E-state index contributed by atoms with van der Waals surface area (Å²) in [5.41, 5.74) is 2.17. The summed E-state index contributed by atoms with van der Waals surface area (Å²) in [7, 11) is 0. The molecule has 0 spiro atoms. The van der Waals surface area contributed by atoms with Crippen LogP contribution in [0.4, 0.5) is 4.79 Å². The molecule has 0 bridgehead atoms. The molecule has 130 valence electrons. The molecule has 2 rings (SSSR count). The summed E-state index contributed by atoms with van der Waals surface area (Å²) in [6.45, 7) is 4.08. The number of thioether (sulfide) groups is 1. The van der Waals surface area contributed by atoms with E-state index in [1.807, 2.05) is 38.1 Å². The molecule has 24 heavy (non-hydrogen) atoms. The largest absolute Gasteiger partial charge is 0.454 e. The van der Waals surface area contributed by atoms with Gasteiger partial charge < -0.3 is 15.0 Å². The number of carbonyl (C=O) groups is 3. The van der Waals surface area contributed by atoms with E-state index in [1.54, 1.807) is 0 Å². The topological polar surface area (TPSA) is 75.7 Å². The molecule has 6 nitrogen and oxygen atoms in total. The van der Waals surface area contributed by atoms with Crippen LogP contribution >= 0.6 is 11.8 Å². The minimum absolute atomic E-state index is 0.103. The number of esters is 1. The predicted octanol–water partition coefficient (Wildman–Crippen LogP) is 2.27. The molecule has 1 aliphatic rings. The number of benzene rings is 1. The molecule has 1 atom stereocenters. The number of rotatable bonds is 7. The van der Waals surface area contributed by atoms with E-state index in [1.165, 1.54) is 16.7 Å². The van der Waals surface area contributed by atoms with E-state index in [2.05, 4.69) is 5.32 Å². The van der Waals surface area contributed by atoms with Crippen LogP contribution in [-0.4, -0.2) is 47.5 Å². The highest BCUT2D eigenvalue weighted by atomic mass is 32.2. The summed E-state index contributed by atoms with van der Waals surface area (Å²) in [5, 5.41) is 2.74. The number of amides is 2. The third kappa shape index (κ3) is 5.26. The van der Waals surface area contributed by atoms with Crippen molar-refractivity contribution >= 4 is 28.9 Å². The zero-order valence-corrected chi connectivity index (χ0v) is 14.7. The summed E-state index contributed by atoms with van der Waals surface area (Å²) < 4.78 is 4.96. The van der Waals surface area contributed by atoms with Crippen LogP contribution in [0.2, 0.25) is 0 Å². The van der Waals surface area contributed by atoms with E-state index in [0.717, 1.165) is 17.5 Å². The van der Waals surface area contributed by atoms with Gasteiger partial charge in [-0.15, -0.1) is 0 Å². The van der Waals surface area contributed by atoms with Gasteiger partial charge in [0.1, 0.15) is 6.54 Å². The average molecular weight is 350 g/mol. The Morgan fingerprint density at radius 1 is 1.33 bits per heavy atom. The molecule has 2 amide bonds. The second-order valence-electron chi connectivity index (χ2n) is 5.64. The summed E-state index contributed by atoms with van der Waals surface area (Å²) in [6, 6.07) is 7.83. The van der Waals surface area contributed by atoms with E-state index in [0.29, 0.717) is 12.3 Å². The van der Waals surface area contributed by atoms with Crippen LogP contribution in [-0.2, 0) is 14.3 Å². The van der Waals surface area contributed by atoms with Crippen molar-refractivity contribution in [3.05, 3.63) is 35.4 Å². The highest BCUT2D eigenvalue weighted by molar-refractivity contribution is 8.13. The minimum atomic E-state index is -0.565. The lowest BCUT2D eigenvalue weighted by Crippen LogP contribution is -2.35. The Morgan fingerprint density at radius 2 is 2.04 bits per heavy atom. The maximum Gasteiger partial charge on any atom is 0.326 e. The van der Waals surface area contributed by atoms with Crippen LogP contribution in [0.5, 0.6) is 0 Å². The summed E-state index contributed by atoms with van der Waals surface area (Å²) in [4.78, 5) is 36.5. The Balaban J connectivity index is 1.78. The monoisotopic (exact) mass is 350 g/mol. The second kappa shape index (κ2) is 8.73. The van der Waals surface area contributed by atoms with Gasteiger partial charge in [-0.1, -0.05) is 48.5 Å². The van der Waals surface area contributed by atoms with Gasteiger partial charge in [-0.05, 0) is 18.9 Å². The first-order valence-corrected chi connectivity index (χ1v) is 8.91. The van der Waals surface area contributed by atoms with Gasteiger partial charge in [-0.25, -0.2) is 0 Å². The first kappa shape index (κ1) is 18.3. The molecule has 1 heterocycles. The summed E-state index contributed by atoms with van der Waals surface area (Å²) in [5.74, 6) is -0.233. The quantitative estimate of drug-likeness (QED) is 0.764. The van der Waals surface area contributed by atoms with Crippen molar-refractivity contribution in [2.24, 2.45) is 0 Å².